The lowest BCUT2D eigenvalue weighted by Gasteiger charge is -2.06. The Kier molecular flexibility index (Phi) is 2.56. The number of aryl methyl sites for hydroxylation is 2. The van der Waals surface area contributed by atoms with E-state index in [-0.39, 0.29) is 5.75 Å². The van der Waals surface area contributed by atoms with E-state index in [0.717, 1.165) is 11.1 Å². The van der Waals surface area contributed by atoms with Gasteiger partial charge in [-0.3, -0.25) is 0 Å². The van der Waals surface area contributed by atoms with Gasteiger partial charge in [-0.1, -0.05) is 5.16 Å². The molecule has 0 spiro atoms. The van der Waals surface area contributed by atoms with Crippen LogP contribution in [-0.2, 0) is 0 Å². The highest BCUT2D eigenvalue weighted by Crippen LogP contribution is 2.22. The number of phenols is 1. The largest absolute Gasteiger partial charge is 0.507 e. The number of oxime groups is 1. The summed E-state index contributed by atoms with van der Waals surface area (Å²) in [4.78, 5) is 0. The van der Waals surface area contributed by atoms with Crippen LogP contribution in [0.4, 0.5) is 0 Å². The Morgan fingerprint density at radius 3 is 2.31 bits per heavy atom. The maximum absolute atomic E-state index is 9.53. The molecule has 0 saturated carbocycles. The summed E-state index contributed by atoms with van der Waals surface area (Å²) in [6, 6.07) is 3.47. The molecule has 0 aliphatic carbocycles. The van der Waals surface area contributed by atoms with Gasteiger partial charge in [-0.15, -0.1) is 0 Å². The van der Waals surface area contributed by atoms with Gasteiger partial charge in [-0.2, -0.15) is 0 Å². The number of aromatic hydroxyl groups is 1. The zero-order valence-corrected chi connectivity index (χ0v) is 8.00. The Bertz CT molecular complexity index is 356. The van der Waals surface area contributed by atoms with Crippen LogP contribution in [0.3, 0.4) is 0 Å². The third-order valence-electron chi connectivity index (χ3n) is 2.15. The molecule has 0 radical (unpaired) electrons. The molecule has 0 aliphatic heterocycles. The molecule has 3 nitrogen and oxygen atoms in total. The lowest BCUT2D eigenvalue weighted by molar-refractivity contribution is 0.318. The molecule has 1 aromatic carbocycles. The van der Waals surface area contributed by atoms with Crippen molar-refractivity contribution in [2.45, 2.75) is 20.8 Å². The standard InChI is InChI=1S/C10H13NO2/c1-6-4-9(8(3)11-13)10(12)5-7(6)2/h4-5,12-13H,1-3H3/b11-8-. The molecule has 0 saturated heterocycles. The van der Waals surface area contributed by atoms with Gasteiger partial charge in [0.15, 0.2) is 0 Å². The van der Waals surface area contributed by atoms with Crippen LogP contribution in [-0.4, -0.2) is 16.0 Å². The highest BCUT2D eigenvalue weighted by molar-refractivity contribution is 6.00. The average molecular weight is 179 g/mol. The van der Waals surface area contributed by atoms with Crippen molar-refractivity contribution in [1.82, 2.24) is 0 Å². The average Bonchev–Trinajstić information content (AvgIpc) is 2.10. The minimum absolute atomic E-state index is 0.151. The van der Waals surface area contributed by atoms with Gasteiger partial charge in [0.25, 0.3) is 0 Å². The molecule has 0 heterocycles. The van der Waals surface area contributed by atoms with Crippen LogP contribution >= 0.6 is 0 Å². The molecule has 0 bridgehead atoms. The fourth-order valence-electron chi connectivity index (χ4n) is 1.14. The molecular formula is C10H13NO2. The number of phenolic OH excluding ortho intramolecular Hbond substituents is 1. The summed E-state index contributed by atoms with van der Waals surface area (Å²) in [6.07, 6.45) is 0. The molecule has 0 unspecified atom stereocenters. The maximum Gasteiger partial charge on any atom is 0.125 e. The molecule has 0 amide bonds. The van der Waals surface area contributed by atoms with Crippen molar-refractivity contribution >= 4 is 5.71 Å². The summed E-state index contributed by atoms with van der Waals surface area (Å²) >= 11 is 0. The van der Waals surface area contributed by atoms with Crippen molar-refractivity contribution in [1.29, 1.82) is 0 Å². The minimum Gasteiger partial charge on any atom is -0.507 e. The third kappa shape index (κ3) is 1.80. The second kappa shape index (κ2) is 3.47. The van der Waals surface area contributed by atoms with Crippen LogP contribution in [0.2, 0.25) is 0 Å². The number of hydrogen-bond acceptors (Lipinski definition) is 3. The number of rotatable bonds is 1. The van der Waals surface area contributed by atoms with Crippen molar-refractivity contribution in [3.8, 4) is 5.75 Å². The normalized spacial score (nSPS) is 11.8. The molecule has 13 heavy (non-hydrogen) atoms. The first kappa shape index (κ1) is 9.58. The zero-order valence-electron chi connectivity index (χ0n) is 8.00. The van der Waals surface area contributed by atoms with Crippen molar-refractivity contribution in [2.24, 2.45) is 5.16 Å². The van der Waals surface area contributed by atoms with E-state index in [1.54, 1.807) is 19.1 Å². The van der Waals surface area contributed by atoms with Crippen LogP contribution in [0.15, 0.2) is 17.3 Å². The summed E-state index contributed by atoms with van der Waals surface area (Å²) in [5, 5.41) is 21.1. The predicted molar refractivity (Wildman–Crippen MR) is 51.6 cm³/mol. The molecule has 0 fully saturated rings. The summed E-state index contributed by atoms with van der Waals surface area (Å²) < 4.78 is 0. The van der Waals surface area contributed by atoms with Gasteiger partial charge in [0.1, 0.15) is 5.75 Å². The van der Waals surface area contributed by atoms with Crippen molar-refractivity contribution < 1.29 is 10.3 Å². The predicted octanol–water partition coefficient (Wildman–Crippen LogP) is 2.21. The summed E-state index contributed by atoms with van der Waals surface area (Å²) in [7, 11) is 0. The van der Waals surface area contributed by atoms with Crippen LogP contribution in [0.5, 0.6) is 5.75 Å². The number of nitrogens with zero attached hydrogens (tertiary/aromatic N) is 1. The fourth-order valence-corrected chi connectivity index (χ4v) is 1.14. The van der Waals surface area contributed by atoms with E-state index >= 15 is 0 Å². The van der Waals surface area contributed by atoms with Gasteiger partial charge in [-0.25, -0.2) is 0 Å². The fraction of sp³-hybridized carbons (Fsp3) is 0.300. The van der Waals surface area contributed by atoms with Crippen LogP contribution in [0, 0.1) is 13.8 Å². The van der Waals surface area contributed by atoms with Crippen LogP contribution in [0.25, 0.3) is 0 Å². The van der Waals surface area contributed by atoms with Gasteiger partial charge < -0.3 is 10.3 Å². The first-order chi connectivity index (χ1) is 6.06. The van der Waals surface area contributed by atoms with E-state index in [4.69, 9.17) is 5.21 Å². The van der Waals surface area contributed by atoms with Gasteiger partial charge in [-0.05, 0) is 44.0 Å². The van der Waals surface area contributed by atoms with Gasteiger partial charge >= 0.3 is 0 Å². The van der Waals surface area contributed by atoms with Crippen molar-refractivity contribution in [2.75, 3.05) is 0 Å². The molecule has 0 aliphatic rings. The minimum atomic E-state index is 0.151. The lowest BCUT2D eigenvalue weighted by atomic mass is 10.0. The van der Waals surface area contributed by atoms with Crippen molar-refractivity contribution in [3.63, 3.8) is 0 Å². The zero-order chi connectivity index (χ0) is 10.0. The SMILES string of the molecule is C/C(=N/O)c1cc(C)c(C)cc1O. The Morgan fingerprint density at radius 2 is 1.77 bits per heavy atom. The Morgan fingerprint density at radius 1 is 1.23 bits per heavy atom. The van der Waals surface area contributed by atoms with E-state index in [9.17, 15) is 5.11 Å². The van der Waals surface area contributed by atoms with Crippen LogP contribution < -0.4 is 0 Å². The second-order valence-corrected chi connectivity index (χ2v) is 3.14. The molecule has 1 aromatic rings. The van der Waals surface area contributed by atoms with Crippen molar-refractivity contribution in [3.05, 3.63) is 28.8 Å². The Hall–Kier alpha value is -1.51. The van der Waals surface area contributed by atoms with E-state index in [1.165, 1.54) is 0 Å². The van der Waals surface area contributed by atoms with Gasteiger partial charge in [0.05, 0.1) is 5.71 Å². The summed E-state index contributed by atoms with van der Waals surface area (Å²) in [5.41, 5.74) is 3.08. The highest BCUT2D eigenvalue weighted by atomic mass is 16.4. The second-order valence-electron chi connectivity index (χ2n) is 3.14. The molecular weight excluding hydrogens is 166 g/mol. The number of benzene rings is 1. The smallest absolute Gasteiger partial charge is 0.125 e. The lowest BCUT2D eigenvalue weighted by Crippen LogP contribution is -1.97. The van der Waals surface area contributed by atoms with E-state index < -0.39 is 0 Å². The first-order valence-electron chi connectivity index (χ1n) is 4.05. The quantitative estimate of drug-likeness (QED) is 0.394. The monoisotopic (exact) mass is 179 g/mol. The molecule has 0 aromatic heterocycles. The Balaban J connectivity index is 3.32. The summed E-state index contributed by atoms with van der Waals surface area (Å²) in [6.45, 7) is 5.51. The van der Waals surface area contributed by atoms with Gasteiger partial charge in [0, 0.05) is 5.56 Å². The first-order valence-corrected chi connectivity index (χ1v) is 4.05. The maximum atomic E-state index is 9.53. The van der Waals surface area contributed by atoms with Crippen LogP contribution in [0.1, 0.15) is 23.6 Å². The Labute approximate surface area is 77.3 Å². The number of hydrogen-bond donors (Lipinski definition) is 2. The topological polar surface area (TPSA) is 52.8 Å². The van der Waals surface area contributed by atoms with E-state index in [1.807, 2.05) is 13.8 Å². The van der Waals surface area contributed by atoms with Gasteiger partial charge in [0.2, 0.25) is 0 Å². The third-order valence-corrected chi connectivity index (χ3v) is 2.15. The molecule has 0 atom stereocenters. The molecule has 2 N–H and O–H groups in total. The highest BCUT2D eigenvalue weighted by Gasteiger charge is 2.06. The molecule has 1 rings (SSSR count). The van der Waals surface area contributed by atoms with E-state index in [2.05, 4.69) is 5.16 Å². The molecule has 3 heteroatoms. The molecule has 70 valence electrons. The summed E-state index contributed by atoms with van der Waals surface area (Å²) in [5.74, 6) is 0.151. The van der Waals surface area contributed by atoms with E-state index in [0.29, 0.717) is 11.3 Å².